The highest BCUT2D eigenvalue weighted by Crippen LogP contribution is 2.25. The molecule has 2 heterocycles. The molecule has 2 aliphatic heterocycles. The first kappa shape index (κ1) is 23.6. The second-order valence-corrected chi connectivity index (χ2v) is 10.3. The van der Waals surface area contributed by atoms with Crippen molar-refractivity contribution in [3.05, 3.63) is 66.0 Å². The van der Waals surface area contributed by atoms with Gasteiger partial charge in [-0.1, -0.05) is 30.3 Å². The van der Waals surface area contributed by atoms with Crippen molar-refractivity contribution in [1.82, 2.24) is 5.01 Å². The maximum absolute atomic E-state index is 13.2. The number of halogens is 1. The predicted octanol–water partition coefficient (Wildman–Crippen LogP) is 2.21. The number of anilines is 1. The van der Waals surface area contributed by atoms with Gasteiger partial charge in [0.25, 0.3) is 5.91 Å². The van der Waals surface area contributed by atoms with Gasteiger partial charge in [-0.2, -0.15) is 5.10 Å². The highest BCUT2D eigenvalue weighted by molar-refractivity contribution is 7.91. The van der Waals surface area contributed by atoms with Crippen molar-refractivity contribution in [2.45, 2.75) is 31.4 Å². The SMILES string of the molecule is O=C(OC(C(=O)Nc1ccc(F)cc1)c1ccccc1)C1=NN(C2CCS(=O)(=O)C2)C(=O)CC1. The standard InChI is InChI=1S/C23H22FN3O6S/c24-16-6-8-17(9-7-16)25-22(29)21(15-4-2-1-3-5-15)33-23(30)19-10-11-20(28)27(26-19)18-12-13-34(31,32)14-18/h1-9,18,21H,10-14H2,(H,25,29). The van der Waals surface area contributed by atoms with Crippen LogP contribution < -0.4 is 5.32 Å². The quantitative estimate of drug-likeness (QED) is 0.624. The largest absolute Gasteiger partial charge is 0.443 e. The molecule has 1 fully saturated rings. The summed E-state index contributed by atoms with van der Waals surface area (Å²) in [4.78, 5) is 38.2. The number of sulfone groups is 1. The van der Waals surface area contributed by atoms with Crippen molar-refractivity contribution < 1.29 is 31.9 Å². The average molecular weight is 488 g/mol. The molecular weight excluding hydrogens is 465 g/mol. The summed E-state index contributed by atoms with van der Waals surface area (Å²) in [6.45, 7) is 0. The summed E-state index contributed by atoms with van der Waals surface area (Å²) < 4.78 is 42.3. The monoisotopic (exact) mass is 487 g/mol. The Balaban J connectivity index is 1.54. The van der Waals surface area contributed by atoms with Crippen LogP contribution in [0.5, 0.6) is 0 Å². The molecule has 1 saturated heterocycles. The number of hydrogen-bond acceptors (Lipinski definition) is 7. The molecule has 178 valence electrons. The third-order valence-corrected chi connectivity index (χ3v) is 7.28. The molecule has 4 rings (SSSR count). The Kier molecular flexibility index (Phi) is 6.73. The van der Waals surface area contributed by atoms with E-state index >= 15 is 0 Å². The zero-order chi connectivity index (χ0) is 24.3. The van der Waals surface area contributed by atoms with Gasteiger partial charge in [0.1, 0.15) is 11.5 Å². The van der Waals surface area contributed by atoms with E-state index in [0.717, 1.165) is 5.01 Å². The van der Waals surface area contributed by atoms with Gasteiger partial charge in [0.15, 0.2) is 9.84 Å². The molecule has 0 bridgehead atoms. The number of hydrogen-bond donors (Lipinski definition) is 1. The molecule has 2 aromatic rings. The lowest BCUT2D eigenvalue weighted by Gasteiger charge is -2.27. The minimum absolute atomic E-state index is 0.00866. The first-order chi connectivity index (χ1) is 16.2. The van der Waals surface area contributed by atoms with E-state index in [9.17, 15) is 27.2 Å². The minimum atomic E-state index is -3.26. The predicted molar refractivity (Wildman–Crippen MR) is 121 cm³/mol. The van der Waals surface area contributed by atoms with Gasteiger partial charge in [-0.15, -0.1) is 0 Å². The molecule has 34 heavy (non-hydrogen) atoms. The molecular formula is C23H22FN3O6S. The second-order valence-electron chi connectivity index (χ2n) is 8.03. The molecule has 0 aromatic heterocycles. The van der Waals surface area contributed by atoms with E-state index in [1.807, 2.05) is 0 Å². The number of benzene rings is 2. The Labute approximate surface area is 195 Å². The van der Waals surface area contributed by atoms with E-state index in [0.29, 0.717) is 11.3 Å². The Hall–Kier alpha value is -3.60. The van der Waals surface area contributed by atoms with Crippen LogP contribution >= 0.6 is 0 Å². The Bertz CT molecular complexity index is 1230. The van der Waals surface area contributed by atoms with Gasteiger partial charge in [-0.05, 0) is 30.7 Å². The molecule has 2 atom stereocenters. The van der Waals surface area contributed by atoms with Crippen LogP contribution in [-0.2, 0) is 29.0 Å². The fraction of sp³-hybridized carbons (Fsp3) is 0.304. The molecule has 0 radical (unpaired) electrons. The summed E-state index contributed by atoms with van der Waals surface area (Å²) in [5, 5.41) is 7.75. The van der Waals surface area contributed by atoms with Gasteiger partial charge in [0.05, 0.1) is 17.5 Å². The molecule has 0 aliphatic carbocycles. The Morgan fingerprint density at radius 3 is 2.44 bits per heavy atom. The molecule has 2 aliphatic rings. The van der Waals surface area contributed by atoms with E-state index < -0.39 is 39.7 Å². The smallest absolute Gasteiger partial charge is 0.355 e. The van der Waals surface area contributed by atoms with Crippen molar-refractivity contribution in [2.24, 2.45) is 5.10 Å². The third-order valence-electron chi connectivity index (χ3n) is 5.53. The van der Waals surface area contributed by atoms with E-state index in [1.54, 1.807) is 30.3 Å². The molecule has 11 heteroatoms. The number of rotatable bonds is 6. The molecule has 0 spiro atoms. The number of amides is 2. The maximum Gasteiger partial charge on any atom is 0.355 e. The lowest BCUT2D eigenvalue weighted by molar-refractivity contribution is -0.148. The molecule has 2 unspecified atom stereocenters. The number of hydrazone groups is 1. The highest BCUT2D eigenvalue weighted by Gasteiger charge is 2.38. The summed E-state index contributed by atoms with van der Waals surface area (Å²) in [6, 6.07) is 12.8. The summed E-state index contributed by atoms with van der Waals surface area (Å²) in [6.07, 6.45) is -1.11. The first-order valence-corrected chi connectivity index (χ1v) is 12.5. The van der Waals surface area contributed by atoms with Crippen LogP contribution in [0, 0.1) is 5.82 Å². The van der Waals surface area contributed by atoms with E-state index in [4.69, 9.17) is 4.74 Å². The van der Waals surface area contributed by atoms with Crippen LogP contribution in [0.4, 0.5) is 10.1 Å². The van der Waals surface area contributed by atoms with Crippen molar-refractivity contribution in [1.29, 1.82) is 0 Å². The van der Waals surface area contributed by atoms with Crippen molar-refractivity contribution >= 4 is 39.0 Å². The Morgan fingerprint density at radius 1 is 1.09 bits per heavy atom. The van der Waals surface area contributed by atoms with Crippen LogP contribution in [0.2, 0.25) is 0 Å². The van der Waals surface area contributed by atoms with Gasteiger partial charge in [0.2, 0.25) is 12.0 Å². The van der Waals surface area contributed by atoms with Gasteiger partial charge in [-0.3, -0.25) is 9.59 Å². The first-order valence-electron chi connectivity index (χ1n) is 10.6. The summed E-state index contributed by atoms with van der Waals surface area (Å²) in [7, 11) is -3.26. The van der Waals surface area contributed by atoms with Crippen LogP contribution in [0.1, 0.15) is 30.9 Å². The van der Waals surface area contributed by atoms with E-state index in [2.05, 4.69) is 10.4 Å². The minimum Gasteiger partial charge on any atom is -0.443 e. The number of ether oxygens (including phenoxy) is 1. The van der Waals surface area contributed by atoms with Crippen LogP contribution in [-0.4, -0.2) is 54.5 Å². The number of carbonyl (C=O) groups is 3. The normalized spacial score (nSPS) is 20.4. The number of carbonyl (C=O) groups excluding carboxylic acids is 3. The van der Waals surface area contributed by atoms with E-state index in [1.165, 1.54) is 24.3 Å². The summed E-state index contributed by atoms with van der Waals surface area (Å²) in [5.74, 6) is -2.63. The summed E-state index contributed by atoms with van der Waals surface area (Å²) in [5.41, 5.74) is 0.652. The van der Waals surface area contributed by atoms with Gasteiger partial charge in [-0.25, -0.2) is 22.6 Å². The maximum atomic E-state index is 13.2. The highest BCUT2D eigenvalue weighted by atomic mass is 32.2. The lowest BCUT2D eigenvalue weighted by atomic mass is 10.1. The van der Waals surface area contributed by atoms with Crippen molar-refractivity contribution in [3.8, 4) is 0 Å². The lowest BCUT2D eigenvalue weighted by Crippen LogP contribution is -2.42. The fourth-order valence-corrected chi connectivity index (χ4v) is 5.48. The number of esters is 1. The molecule has 2 aromatic carbocycles. The number of nitrogens with zero attached hydrogens (tertiary/aromatic N) is 2. The van der Waals surface area contributed by atoms with Crippen LogP contribution in [0.3, 0.4) is 0 Å². The second kappa shape index (κ2) is 9.72. The zero-order valence-corrected chi connectivity index (χ0v) is 18.8. The Morgan fingerprint density at radius 2 is 1.79 bits per heavy atom. The third kappa shape index (κ3) is 5.48. The van der Waals surface area contributed by atoms with Crippen molar-refractivity contribution in [3.63, 3.8) is 0 Å². The molecule has 0 saturated carbocycles. The van der Waals surface area contributed by atoms with E-state index in [-0.39, 0.29) is 42.4 Å². The van der Waals surface area contributed by atoms with Crippen molar-refractivity contribution in [2.75, 3.05) is 16.8 Å². The van der Waals surface area contributed by atoms with Crippen LogP contribution in [0.25, 0.3) is 0 Å². The average Bonchev–Trinajstić information content (AvgIpc) is 3.19. The van der Waals surface area contributed by atoms with Crippen LogP contribution in [0.15, 0.2) is 59.7 Å². The van der Waals surface area contributed by atoms with Gasteiger partial charge in [0, 0.05) is 24.1 Å². The zero-order valence-electron chi connectivity index (χ0n) is 18.0. The number of nitrogens with one attached hydrogen (secondary N) is 1. The fourth-order valence-electron chi connectivity index (χ4n) is 3.79. The molecule has 9 nitrogen and oxygen atoms in total. The molecule has 2 amide bonds. The summed E-state index contributed by atoms with van der Waals surface area (Å²) >= 11 is 0. The van der Waals surface area contributed by atoms with Gasteiger partial charge >= 0.3 is 5.97 Å². The molecule has 1 N–H and O–H groups in total. The van der Waals surface area contributed by atoms with Gasteiger partial charge < -0.3 is 10.1 Å². The topological polar surface area (TPSA) is 122 Å².